The molecule has 174 valence electrons. The number of benzene rings is 1. The Morgan fingerprint density at radius 1 is 1.33 bits per heavy atom. The summed E-state index contributed by atoms with van der Waals surface area (Å²) in [6, 6.07) is 6.28. The van der Waals surface area contributed by atoms with Gasteiger partial charge in [-0.25, -0.2) is 9.37 Å². The second-order valence-corrected chi connectivity index (χ2v) is 8.71. The van der Waals surface area contributed by atoms with Gasteiger partial charge in [-0.2, -0.15) is 0 Å². The fourth-order valence-corrected chi connectivity index (χ4v) is 4.49. The number of nitrogens with one attached hydrogen (secondary N) is 1. The molecule has 33 heavy (non-hydrogen) atoms. The molecule has 7 heteroatoms. The Morgan fingerprint density at radius 3 is 2.91 bits per heavy atom. The zero-order chi connectivity index (χ0) is 23.4. The van der Waals surface area contributed by atoms with E-state index in [1.165, 1.54) is 16.2 Å². The van der Waals surface area contributed by atoms with E-state index in [1.807, 2.05) is 0 Å². The molecule has 2 aliphatic rings. The summed E-state index contributed by atoms with van der Waals surface area (Å²) in [5.41, 5.74) is 2.15. The van der Waals surface area contributed by atoms with E-state index in [-0.39, 0.29) is 36.1 Å². The number of ether oxygens (including phenoxy) is 1. The zero-order valence-corrected chi connectivity index (χ0v) is 19.1. The van der Waals surface area contributed by atoms with Crippen LogP contribution in [0.5, 0.6) is 0 Å². The number of carbonyl (C=O) groups is 1. The number of nitrogens with zero attached hydrogens (tertiary/aromatic N) is 2. The Balaban J connectivity index is 1.63. The molecule has 1 N–H and O–H groups in total. The van der Waals surface area contributed by atoms with E-state index in [0.29, 0.717) is 23.7 Å². The summed E-state index contributed by atoms with van der Waals surface area (Å²) in [5.74, 6) is -0.346. The average molecular weight is 452 g/mol. The molecular weight excluding hydrogens is 421 g/mol. The van der Waals surface area contributed by atoms with Crippen LogP contribution in [-0.4, -0.2) is 28.2 Å². The maximum Gasteiger partial charge on any atom is 0.326 e. The van der Waals surface area contributed by atoms with Gasteiger partial charge >= 0.3 is 5.97 Å². The van der Waals surface area contributed by atoms with Gasteiger partial charge in [0.2, 0.25) is 0 Å². The number of hydrogen-bond acceptors (Lipinski definition) is 5. The number of esters is 1. The summed E-state index contributed by atoms with van der Waals surface area (Å²) < 4.78 is 20.8. The predicted octanol–water partition coefficient (Wildman–Crippen LogP) is 4.64. The molecule has 1 aromatic carbocycles. The highest BCUT2D eigenvalue weighted by Gasteiger charge is 2.26. The Bertz CT molecular complexity index is 1150. The van der Waals surface area contributed by atoms with Crippen LogP contribution in [0.15, 0.2) is 52.9 Å². The lowest BCUT2D eigenvalue weighted by Gasteiger charge is -2.28. The van der Waals surface area contributed by atoms with Crippen molar-refractivity contribution in [2.75, 3.05) is 11.9 Å². The summed E-state index contributed by atoms with van der Waals surface area (Å²) in [4.78, 5) is 30.3. The molecule has 0 amide bonds. The summed E-state index contributed by atoms with van der Waals surface area (Å²) in [5, 5.41) is 3.36. The van der Waals surface area contributed by atoms with Crippen LogP contribution < -0.4 is 10.9 Å². The summed E-state index contributed by atoms with van der Waals surface area (Å²) in [7, 11) is 0. The normalized spacial score (nSPS) is 19.4. The molecule has 0 spiro atoms. The standard InChI is InChI=1S/C26H30FN3O3/c1-3-33-23(31)16-30-25(20-9-4-5-10-21(20)27)29-22-14-13-19(28-24(22)26(30)32)12-11-18-8-6-7-17(2)15-18/h4-6,8-10,15,17,19,28H,3,7,11-14,16H2,1-2H3/t17?,19-/m0/s1. The topological polar surface area (TPSA) is 73.2 Å². The van der Waals surface area contributed by atoms with E-state index >= 15 is 0 Å². The highest BCUT2D eigenvalue weighted by Crippen LogP contribution is 2.28. The SMILES string of the molecule is CCOC(=O)Cn1c(-c2ccccc2F)nc2c(c1=O)N[C@@H](CCC1=CC(C)CC=C1)CC2. The molecule has 0 saturated carbocycles. The Kier molecular flexibility index (Phi) is 7.06. The van der Waals surface area contributed by atoms with Crippen molar-refractivity contribution in [1.29, 1.82) is 0 Å². The second-order valence-electron chi connectivity index (χ2n) is 8.71. The van der Waals surface area contributed by atoms with Crippen LogP contribution in [0.4, 0.5) is 10.1 Å². The van der Waals surface area contributed by atoms with E-state index in [2.05, 4.69) is 35.5 Å². The maximum absolute atomic E-state index is 14.6. The Morgan fingerprint density at radius 2 is 2.15 bits per heavy atom. The first kappa shape index (κ1) is 23.0. The second kappa shape index (κ2) is 10.1. The van der Waals surface area contributed by atoms with Gasteiger partial charge in [0.15, 0.2) is 0 Å². The van der Waals surface area contributed by atoms with Gasteiger partial charge in [0.25, 0.3) is 5.56 Å². The first-order valence-corrected chi connectivity index (χ1v) is 11.6. The average Bonchev–Trinajstić information content (AvgIpc) is 2.80. The number of halogens is 1. The van der Waals surface area contributed by atoms with Crippen molar-refractivity contribution in [3.63, 3.8) is 0 Å². The van der Waals surface area contributed by atoms with Gasteiger partial charge in [-0.3, -0.25) is 14.2 Å². The van der Waals surface area contributed by atoms with E-state index in [9.17, 15) is 14.0 Å². The molecule has 1 aromatic heterocycles. The van der Waals surface area contributed by atoms with Gasteiger partial charge < -0.3 is 10.1 Å². The van der Waals surface area contributed by atoms with E-state index in [4.69, 9.17) is 4.74 Å². The maximum atomic E-state index is 14.6. The molecule has 0 bridgehead atoms. The largest absolute Gasteiger partial charge is 0.465 e. The Labute approximate surface area is 193 Å². The van der Waals surface area contributed by atoms with Crippen LogP contribution >= 0.6 is 0 Å². The number of carbonyl (C=O) groups excluding carboxylic acids is 1. The quantitative estimate of drug-likeness (QED) is 0.621. The van der Waals surface area contributed by atoms with Gasteiger partial charge in [0.05, 0.1) is 17.9 Å². The summed E-state index contributed by atoms with van der Waals surface area (Å²) >= 11 is 0. The van der Waals surface area contributed by atoms with Gasteiger partial charge in [0.1, 0.15) is 23.9 Å². The van der Waals surface area contributed by atoms with Gasteiger partial charge in [-0.05, 0) is 57.1 Å². The molecule has 1 aliphatic carbocycles. The van der Waals surface area contributed by atoms with Gasteiger partial charge in [0, 0.05) is 6.04 Å². The number of aromatic nitrogens is 2. The molecule has 2 heterocycles. The first-order chi connectivity index (χ1) is 16.0. The van der Waals surface area contributed by atoms with Crippen LogP contribution in [0.25, 0.3) is 11.4 Å². The van der Waals surface area contributed by atoms with E-state index < -0.39 is 11.8 Å². The monoisotopic (exact) mass is 451 g/mol. The van der Waals surface area contributed by atoms with Gasteiger partial charge in [-0.15, -0.1) is 0 Å². The van der Waals surface area contributed by atoms with Crippen LogP contribution in [0.3, 0.4) is 0 Å². The first-order valence-electron chi connectivity index (χ1n) is 11.6. The molecule has 4 rings (SSSR count). The minimum Gasteiger partial charge on any atom is -0.465 e. The minimum atomic E-state index is -0.559. The molecular formula is C26H30FN3O3. The molecule has 0 fully saturated rings. The lowest BCUT2D eigenvalue weighted by Crippen LogP contribution is -2.36. The molecule has 2 atom stereocenters. The third-order valence-electron chi connectivity index (χ3n) is 6.15. The molecule has 0 radical (unpaired) electrons. The Hall–Kier alpha value is -3.22. The van der Waals surface area contributed by atoms with Crippen molar-refractivity contribution in [1.82, 2.24) is 9.55 Å². The number of allylic oxidation sites excluding steroid dienone is 4. The minimum absolute atomic E-state index is 0.133. The smallest absolute Gasteiger partial charge is 0.326 e. The fourth-order valence-electron chi connectivity index (χ4n) is 4.49. The van der Waals surface area contributed by atoms with Crippen LogP contribution in [0.2, 0.25) is 0 Å². The van der Waals surface area contributed by atoms with Crippen molar-refractivity contribution in [3.8, 4) is 11.4 Å². The molecule has 2 aromatic rings. The van der Waals surface area contributed by atoms with E-state index in [1.54, 1.807) is 25.1 Å². The van der Waals surface area contributed by atoms with Crippen LogP contribution in [0.1, 0.15) is 45.2 Å². The summed E-state index contributed by atoms with van der Waals surface area (Å²) in [6.07, 6.45) is 11.1. The van der Waals surface area contributed by atoms with Gasteiger partial charge in [-0.1, -0.05) is 42.9 Å². The van der Waals surface area contributed by atoms with Crippen molar-refractivity contribution in [3.05, 3.63) is 69.9 Å². The molecule has 0 saturated heterocycles. The number of aryl methyl sites for hydroxylation is 1. The third kappa shape index (κ3) is 5.24. The van der Waals surface area contributed by atoms with Crippen LogP contribution in [-0.2, 0) is 22.5 Å². The van der Waals surface area contributed by atoms with Crippen molar-refractivity contribution in [2.45, 2.75) is 58.5 Å². The lowest BCUT2D eigenvalue weighted by molar-refractivity contribution is -0.143. The number of rotatable bonds is 7. The fraction of sp³-hybridized carbons (Fsp3) is 0.423. The van der Waals surface area contributed by atoms with Crippen molar-refractivity contribution in [2.24, 2.45) is 5.92 Å². The number of hydrogen-bond donors (Lipinski definition) is 1. The molecule has 6 nitrogen and oxygen atoms in total. The number of fused-ring (bicyclic) bond motifs is 1. The van der Waals surface area contributed by atoms with Crippen molar-refractivity contribution < 1.29 is 13.9 Å². The molecule has 1 aliphatic heterocycles. The third-order valence-corrected chi connectivity index (χ3v) is 6.15. The molecule has 1 unspecified atom stereocenters. The highest BCUT2D eigenvalue weighted by atomic mass is 19.1. The zero-order valence-electron chi connectivity index (χ0n) is 19.1. The highest BCUT2D eigenvalue weighted by molar-refractivity contribution is 5.71. The van der Waals surface area contributed by atoms with E-state index in [0.717, 1.165) is 25.7 Å². The van der Waals surface area contributed by atoms with Crippen LogP contribution in [0, 0.1) is 11.7 Å². The predicted molar refractivity (Wildman–Crippen MR) is 126 cm³/mol. The van der Waals surface area contributed by atoms with Crippen molar-refractivity contribution >= 4 is 11.7 Å². The summed E-state index contributed by atoms with van der Waals surface area (Å²) in [6.45, 7) is 3.79. The number of anilines is 1. The lowest BCUT2D eigenvalue weighted by atomic mass is 9.92.